The van der Waals surface area contributed by atoms with Crippen LogP contribution < -0.4 is 16.0 Å². The molecule has 0 aromatic carbocycles. The van der Waals surface area contributed by atoms with Crippen LogP contribution in [-0.2, 0) is 6.42 Å². The number of pyridine rings is 1. The highest BCUT2D eigenvalue weighted by Crippen LogP contribution is 2.16. The molecule has 0 unspecified atom stereocenters. The van der Waals surface area contributed by atoms with E-state index in [-0.39, 0.29) is 5.95 Å². The van der Waals surface area contributed by atoms with E-state index in [1.54, 1.807) is 12.4 Å². The molecule has 6 heteroatoms. The summed E-state index contributed by atoms with van der Waals surface area (Å²) in [5, 5.41) is 3.15. The second kappa shape index (κ2) is 6.70. The molecular formula is C14H20N6. The molecule has 3 N–H and O–H groups in total. The first-order valence-electron chi connectivity index (χ1n) is 6.67. The van der Waals surface area contributed by atoms with Crippen LogP contribution in [0.3, 0.4) is 0 Å². The molecule has 0 aliphatic carbocycles. The van der Waals surface area contributed by atoms with E-state index in [0.29, 0.717) is 0 Å². The van der Waals surface area contributed by atoms with E-state index < -0.39 is 0 Å². The number of hydrogen-bond donors (Lipinski definition) is 2. The zero-order valence-electron chi connectivity index (χ0n) is 11.9. The molecule has 20 heavy (non-hydrogen) atoms. The van der Waals surface area contributed by atoms with Crippen molar-refractivity contribution in [2.45, 2.75) is 13.3 Å². The highest BCUT2D eigenvalue weighted by Gasteiger charge is 2.07. The lowest BCUT2D eigenvalue weighted by Gasteiger charge is -2.19. The lowest BCUT2D eigenvalue weighted by Crippen LogP contribution is -2.22. The molecule has 0 spiro atoms. The van der Waals surface area contributed by atoms with Gasteiger partial charge in [-0.2, -0.15) is 9.97 Å². The Morgan fingerprint density at radius 1 is 1.25 bits per heavy atom. The number of nitrogens with two attached hydrogens (primary N) is 1. The monoisotopic (exact) mass is 272 g/mol. The van der Waals surface area contributed by atoms with Crippen LogP contribution >= 0.6 is 0 Å². The molecule has 0 aliphatic heterocycles. The van der Waals surface area contributed by atoms with E-state index in [2.05, 4.69) is 25.2 Å². The summed E-state index contributed by atoms with van der Waals surface area (Å²) in [6.07, 6.45) is 4.54. The highest BCUT2D eigenvalue weighted by atomic mass is 15.2. The van der Waals surface area contributed by atoms with Crippen LogP contribution in [0.5, 0.6) is 0 Å². The number of nitrogens with zero attached hydrogens (tertiary/aromatic N) is 4. The molecule has 2 heterocycles. The van der Waals surface area contributed by atoms with Crippen LogP contribution in [0.25, 0.3) is 0 Å². The van der Waals surface area contributed by atoms with Crippen molar-refractivity contribution >= 4 is 17.6 Å². The number of rotatable bonds is 6. The van der Waals surface area contributed by atoms with Gasteiger partial charge in [-0.1, -0.05) is 0 Å². The summed E-state index contributed by atoms with van der Waals surface area (Å²) in [4.78, 5) is 14.5. The summed E-state index contributed by atoms with van der Waals surface area (Å²) < 4.78 is 0. The predicted octanol–water partition coefficient (Wildman–Crippen LogP) is 1.56. The third-order valence-corrected chi connectivity index (χ3v) is 2.96. The number of aromatic nitrogens is 3. The van der Waals surface area contributed by atoms with Crippen molar-refractivity contribution in [3.63, 3.8) is 0 Å². The van der Waals surface area contributed by atoms with Crippen LogP contribution in [0, 0.1) is 0 Å². The first-order valence-corrected chi connectivity index (χ1v) is 6.67. The van der Waals surface area contributed by atoms with E-state index in [9.17, 15) is 0 Å². The average molecular weight is 272 g/mol. The van der Waals surface area contributed by atoms with Crippen molar-refractivity contribution in [1.82, 2.24) is 15.0 Å². The van der Waals surface area contributed by atoms with Gasteiger partial charge in [0.25, 0.3) is 0 Å². The maximum absolute atomic E-state index is 5.74. The number of hydrogen-bond acceptors (Lipinski definition) is 6. The second-order valence-corrected chi connectivity index (χ2v) is 4.53. The summed E-state index contributed by atoms with van der Waals surface area (Å²) in [5.74, 6) is 1.86. The summed E-state index contributed by atoms with van der Waals surface area (Å²) >= 11 is 0. The van der Waals surface area contributed by atoms with Gasteiger partial charge in [0.1, 0.15) is 11.6 Å². The number of nitrogens with one attached hydrogen (secondary N) is 1. The lowest BCUT2D eigenvalue weighted by atomic mass is 10.2. The molecule has 0 radical (unpaired) electrons. The standard InChI is InChI=1S/C14H20N6/c1-3-17-12-10-13(19-14(15)18-12)20(2)9-6-11-4-7-16-8-5-11/h4-5,7-8,10H,3,6,9H2,1-2H3,(H3,15,17,18,19). The highest BCUT2D eigenvalue weighted by molar-refractivity contribution is 5.52. The Hall–Kier alpha value is -2.37. The van der Waals surface area contributed by atoms with Crippen molar-refractivity contribution in [3.05, 3.63) is 36.2 Å². The third-order valence-electron chi connectivity index (χ3n) is 2.96. The fraction of sp³-hybridized carbons (Fsp3) is 0.357. The van der Waals surface area contributed by atoms with Gasteiger partial charge in [-0.05, 0) is 31.0 Å². The molecule has 0 saturated carbocycles. The molecule has 2 rings (SSSR count). The number of nitrogen functional groups attached to an aromatic ring is 1. The second-order valence-electron chi connectivity index (χ2n) is 4.53. The minimum atomic E-state index is 0.286. The molecule has 0 saturated heterocycles. The largest absolute Gasteiger partial charge is 0.370 e. The Kier molecular flexibility index (Phi) is 4.70. The van der Waals surface area contributed by atoms with E-state index in [0.717, 1.165) is 31.1 Å². The molecule has 0 atom stereocenters. The molecule has 2 aromatic rings. The van der Waals surface area contributed by atoms with Gasteiger partial charge in [0.15, 0.2) is 0 Å². The Morgan fingerprint density at radius 2 is 2.00 bits per heavy atom. The normalized spacial score (nSPS) is 10.3. The van der Waals surface area contributed by atoms with Crippen molar-refractivity contribution in [2.24, 2.45) is 0 Å². The summed E-state index contributed by atoms with van der Waals surface area (Å²) in [7, 11) is 2.00. The van der Waals surface area contributed by atoms with Gasteiger partial charge >= 0.3 is 0 Å². The van der Waals surface area contributed by atoms with Gasteiger partial charge in [0.2, 0.25) is 5.95 Å². The van der Waals surface area contributed by atoms with Crippen LogP contribution in [0.4, 0.5) is 17.6 Å². The first-order chi connectivity index (χ1) is 9.69. The molecule has 106 valence electrons. The predicted molar refractivity (Wildman–Crippen MR) is 81.8 cm³/mol. The zero-order chi connectivity index (χ0) is 14.4. The topological polar surface area (TPSA) is 80.0 Å². The first kappa shape index (κ1) is 14.0. The molecule has 0 fully saturated rings. The maximum atomic E-state index is 5.74. The molecular weight excluding hydrogens is 252 g/mol. The van der Waals surface area contributed by atoms with E-state index in [1.807, 2.05) is 32.2 Å². The Balaban J connectivity index is 2.03. The summed E-state index contributed by atoms with van der Waals surface area (Å²) in [6, 6.07) is 5.95. The van der Waals surface area contributed by atoms with E-state index in [1.165, 1.54) is 5.56 Å². The SMILES string of the molecule is CCNc1cc(N(C)CCc2ccncc2)nc(N)n1. The fourth-order valence-electron chi connectivity index (χ4n) is 1.88. The van der Waals surface area contributed by atoms with E-state index >= 15 is 0 Å². The Bertz CT molecular complexity index is 543. The van der Waals surface area contributed by atoms with Crippen LogP contribution in [0.15, 0.2) is 30.6 Å². The zero-order valence-corrected chi connectivity index (χ0v) is 11.9. The third kappa shape index (κ3) is 3.81. The Labute approximate surface area is 119 Å². The smallest absolute Gasteiger partial charge is 0.223 e. The quantitative estimate of drug-likeness (QED) is 0.831. The molecule has 0 aliphatic rings. The Morgan fingerprint density at radius 3 is 2.70 bits per heavy atom. The molecule has 0 bridgehead atoms. The maximum Gasteiger partial charge on any atom is 0.223 e. The summed E-state index contributed by atoms with van der Waals surface area (Å²) in [5.41, 5.74) is 6.99. The number of anilines is 3. The summed E-state index contributed by atoms with van der Waals surface area (Å²) in [6.45, 7) is 3.67. The average Bonchev–Trinajstić information content (AvgIpc) is 2.45. The minimum Gasteiger partial charge on any atom is -0.370 e. The van der Waals surface area contributed by atoms with Crippen LogP contribution in [0.1, 0.15) is 12.5 Å². The van der Waals surface area contributed by atoms with E-state index in [4.69, 9.17) is 5.73 Å². The van der Waals surface area contributed by atoms with Crippen molar-refractivity contribution in [2.75, 3.05) is 36.1 Å². The minimum absolute atomic E-state index is 0.286. The van der Waals surface area contributed by atoms with Gasteiger partial charge < -0.3 is 16.0 Å². The molecule has 0 amide bonds. The fourth-order valence-corrected chi connectivity index (χ4v) is 1.88. The lowest BCUT2D eigenvalue weighted by molar-refractivity contribution is 0.856. The van der Waals surface area contributed by atoms with Crippen LogP contribution in [-0.4, -0.2) is 35.1 Å². The van der Waals surface area contributed by atoms with Crippen molar-refractivity contribution < 1.29 is 0 Å². The van der Waals surface area contributed by atoms with Crippen LogP contribution in [0.2, 0.25) is 0 Å². The molecule has 2 aromatic heterocycles. The van der Waals surface area contributed by atoms with Gasteiger partial charge in [0.05, 0.1) is 0 Å². The van der Waals surface area contributed by atoms with Crippen molar-refractivity contribution in [3.8, 4) is 0 Å². The van der Waals surface area contributed by atoms with Gasteiger partial charge in [-0.15, -0.1) is 0 Å². The molecule has 6 nitrogen and oxygen atoms in total. The van der Waals surface area contributed by atoms with Gasteiger partial charge in [-0.3, -0.25) is 4.98 Å². The van der Waals surface area contributed by atoms with Gasteiger partial charge in [0, 0.05) is 38.6 Å². The van der Waals surface area contributed by atoms with Gasteiger partial charge in [-0.25, -0.2) is 0 Å². The van der Waals surface area contributed by atoms with Crippen molar-refractivity contribution in [1.29, 1.82) is 0 Å². The number of likely N-dealkylation sites (N-methyl/N-ethyl adjacent to an activating group) is 1.